The first kappa shape index (κ1) is 23.8. The Labute approximate surface area is 206 Å². The zero-order valence-corrected chi connectivity index (χ0v) is 19.9. The third-order valence-electron chi connectivity index (χ3n) is 5.51. The van der Waals surface area contributed by atoms with Crippen molar-refractivity contribution in [3.8, 4) is 17.2 Å². The number of carbonyl (C=O) groups is 1. The molecule has 0 saturated heterocycles. The van der Waals surface area contributed by atoms with Gasteiger partial charge in [0.1, 0.15) is 30.5 Å². The lowest BCUT2D eigenvalue weighted by atomic mass is 10.1. The normalized spacial score (nSPS) is 10.8. The molecule has 0 radical (unpaired) electrons. The largest absolute Gasteiger partial charge is 0.497 e. The number of methoxy groups -OCH3 is 1. The second-order valence-electron chi connectivity index (χ2n) is 8.15. The molecule has 4 nitrogen and oxygen atoms in total. The van der Waals surface area contributed by atoms with Crippen molar-refractivity contribution in [2.24, 2.45) is 0 Å². The molecule has 0 amide bonds. The highest BCUT2D eigenvalue weighted by molar-refractivity contribution is 6.08. The van der Waals surface area contributed by atoms with Gasteiger partial charge >= 0.3 is 0 Å². The molecular weight excluding hydrogens is 436 g/mol. The van der Waals surface area contributed by atoms with Crippen molar-refractivity contribution in [1.29, 1.82) is 0 Å². The van der Waals surface area contributed by atoms with E-state index in [9.17, 15) is 4.79 Å². The number of allylic oxidation sites excluding steroid dienone is 1. The van der Waals surface area contributed by atoms with E-state index in [1.54, 1.807) is 19.3 Å². The first-order valence-corrected chi connectivity index (χ1v) is 11.5. The van der Waals surface area contributed by atoms with Gasteiger partial charge in [0.2, 0.25) is 0 Å². The maximum Gasteiger partial charge on any atom is 0.189 e. The van der Waals surface area contributed by atoms with Gasteiger partial charge in [0, 0.05) is 11.6 Å². The van der Waals surface area contributed by atoms with Crippen LogP contribution in [-0.2, 0) is 13.2 Å². The van der Waals surface area contributed by atoms with Crippen LogP contribution in [0.2, 0.25) is 0 Å². The lowest BCUT2D eigenvalue weighted by molar-refractivity contribution is 0.104. The van der Waals surface area contributed by atoms with Crippen LogP contribution in [0.5, 0.6) is 17.2 Å². The molecule has 0 fully saturated rings. The molecule has 4 rings (SSSR count). The number of ether oxygens (including phenoxy) is 3. The first-order valence-electron chi connectivity index (χ1n) is 11.5. The van der Waals surface area contributed by atoms with E-state index in [0.29, 0.717) is 36.0 Å². The van der Waals surface area contributed by atoms with E-state index in [1.165, 1.54) is 0 Å². The maximum absolute atomic E-state index is 13.1. The van der Waals surface area contributed by atoms with Gasteiger partial charge < -0.3 is 14.2 Å². The van der Waals surface area contributed by atoms with Crippen molar-refractivity contribution in [2.45, 2.75) is 20.1 Å². The second-order valence-corrected chi connectivity index (χ2v) is 8.15. The highest BCUT2D eigenvalue weighted by atomic mass is 16.5. The van der Waals surface area contributed by atoms with Crippen LogP contribution in [0.25, 0.3) is 6.08 Å². The Hall–Kier alpha value is -4.31. The lowest BCUT2D eigenvalue weighted by Gasteiger charge is -2.12. The summed E-state index contributed by atoms with van der Waals surface area (Å²) >= 11 is 0. The van der Waals surface area contributed by atoms with Gasteiger partial charge in [-0.2, -0.15) is 0 Å². The Bertz CT molecular complexity index is 1290. The molecule has 0 spiro atoms. The van der Waals surface area contributed by atoms with E-state index in [0.717, 1.165) is 22.3 Å². The first-order chi connectivity index (χ1) is 17.1. The molecule has 0 aliphatic rings. The van der Waals surface area contributed by atoms with E-state index in [1.807, 2.05) is 104 Å². The quantitative estimate of drug-likeness (QED) is 0.186. The third-order valence-corrected chi connectivity index (χ3v) is 5.51. The number of hydrogen-bond acceptors (Lipinski definition) is 4. The molecule has 0 aliphatic heterocycles. The fourth-order valence-electron chi connectivity index (χ4n) is 3.58. The van der Waals surface area contributed by atoms with Crippen molar-refractivity contribution in [2.75, 3.05) is 7.11 Å². The van der Waals surface area contributed by atoms with Gasteiger partial charge in [-0.1, -0.05) is 66.7 Å². The summed E-state index contributed by atoms with van der Waals surface area (Å²) < 4.78 is 17.4. The molecule has 0 N–H and O–H groups in total. The maximum atomic E-state index is 13.1. The lowest BCUT2D eigenvalue weighted by Crippen LogP contribution is -2.03. The number of aryl methyl sites for hydroxylation is 1. The summed E-state index contributed by atoms with van der Waals surface area (Å²) in [4.78, 5) is 13.1. The Morgan fingerprint density at radius 1 is 0.743 bits per heavy atom. The summed E-state index contributed by atoms with van der Waals surface area (Å²) in [6, 6.07) is 31.0. The number of hydrogen-bond donors (Lipinski definition) is 0. The second kappa shape index (κ2) is 11.7. The fourth-order valence-corrected chi connectivity index (χ4v) is 3.58. The van der Waals surface area contributed by atoms with E-state index >= 15 is 0 Å². The molecular formula is C31H28O4. The van der Waals surface area contributed by atoms with Gasteiger partial charge in [-0.15, -0.1) is 0 Å². The van der Waals surface area contributed by atoms with Gasteiger partial charge in [0.25, 0.3) is 0 Å². The SMILES string of the molecule is COc1ccc(/C=C/C(=O)c2ccc(C)cc2OCc2ccccc2)c(OCc2ccccc2)c1. The summed E-state index contributed by atoms with van der Waals surface area (Å²) in [7, 11) is 1.61. The zero-order chi connectivity index (χ0) is 24.5. The number of rotatable bonds is 10. The number of ketones is 1. The highest BCUT2D eigenvalue weighted by Crippen LogP contribution is 2.28. The predicted octanol–water partition coefficient (Wildman–Crippen LogP) is 7.06. The van der Waals surface area contributed by atoms with Crippen LogP contribution in [0.15, 0.2) is 103 Å². The van der Waals surface area contributed by atoms with Crippen molar-refractivity contribution in [3.05, 3.63) is 131 Å². The molecule has 0 aromatic heterocycles. The van der Waals surface area contributed by atoms with Crippen LogP contribution in [-0.4, -0.2) is 12.9 Å². The molecule has 4 aromatic rings. The molecule has 176 valence electrons. The Morgan fingerprint density at radius 3 is 2.00 bits per heavy atom. The van der Waals surface area contributed by atoms with E-state index < -0.39 is 0 Å². The molecule has 0 unspecified atom stereocenters. The van der Waals surface area contributed by atoms with Crippen LogP contribution in [0.4, 0.5) is 0 Å². The van der Waals surface area contributed by atoms with Crippen LogP contribution < -0.4 is 14.2 Å². The van der Waals surface area contributed by atoms with Crippen LogP contribution in [0, 0.1) is 6.92 Å². The standard InChI is InChI=1S/C31H28O4/c1-23-13-17-28(31(19-23)35-22-25-11-7-4-8-12-25)29(32)18-15-26-14-16-27(33-2)20-30(26)34-21-24-9-5-3-6-10-24/h3-20H,21-22H2,1-2H3/b18-15+. The molecule has 0 saturated carbocycles. The van der Waals surface area contributed by atoms with Crippen LogP contribution >= 0.6 is 0 Å². The van der Waals surface area contributed by atoms with Crippen molar-refractivity contribution in [3.63, 3.8) is 0 Å². The Balaban J connectivity index is 1.53. The predicted molar refractivity (Wildman–Crippen MR) is 139 cm³/mol. The Kier molecular flexibility index (Phi) is 7.97. The summed E-state index contributed by atoms with van der Waals surface area (Å²) in [5.41, 5.74) is 4.43. The van der Waals surface area contributed by atoms with Gasteiger partial charge in [-0.05, 0) is 60.0 Å². The molecule has 35 heavy (non-hydrogen) atoms. The molecule has 0 heterocycles. The summed E-state index contributed by atoms with van der Waals surface area (Å²) in [5, 5.41) is 0. The van der Waals surface area contributed by atoms with Crippen molar-refractivity contribution in [1.82, 2.24) is 0 Å². The van der Waals surface area contributed by atoms with Crippen LogP contribution in [0.1, 0.15) is 32.6 Å². The fraction of sp³-hybridized carbons (Fsp3) is 0.129. The molecule has 0 aliphatic carbocycles. The van der Waals surface area contributed by atoms with Crippen LogP contribution in [0.3, 0.4) is 0 Å². The summed E-state index contributed by atoms with van der Waals surface area (Å²) in [5.74, 6) is 1.75. The summed E-state index contributed by atoms with van der Waals surface area (Å²) in [6.45, 7) is 2.79. The summed E-state index contributed by atoms with van der Waals surface area (Å²) in [6.07, 6.45) is 3.32. The molecule has 4 aromatic carbocycles. The smallest absolute Gasteiger partial charge is 0.189 e. The minimum atomic E-state index is -0.141. The molecule has 4 heteroatoms. The number of benzene rings is 4. The van der Waals surface area contributed by atoms with E-state index in [4.69, 9.17) is 14.2 Å². The minimum absolute atomic E-state index is 0.141. The van der Waals surface area contributed by atoms with Crippen molar-refractivity contribution < 1.29 is 19.0 Å². The monoisotopic (exact) mass is 464 g/mol. The van der Waals surface area contributed by atoms with Crippen molar-refractivity contribution >= 4 is 11.9 Å². The van der Waals surface area contributed by atoms with E-state index in [-0.39, 0.29) is 5.78 Å². The highest BCUT2D eigenvalue weighted by Gasteiger charge is 2.12. The van der Waals surface area contributed by atoms with Gasteiger partial charge in [0.05, 0.1) is 12.7 Å². The third kappa shape index (κ3) is 6.61. The zero-order valence-electron chi connectivity index (χ0n) is 19.9. The van der Waals surface area contributed by atoms with Gasteiger partial charge in [-0.25, -0.2) is 0 Å². The average Bonchev–Trinajstić information content (AvgIpc) is 2.90. The van der Waals surface area contributed by atoms with Gasteiger partial charge in [0.15, 0.2) is 5.78 Å². The van der Waals surface area contributed by atoms with E-state index in [2.05, 4.69) is 0 Å². The minimum Gasteiger partial charge on any atom is -0.497 e. The Morgan fingerprint density at radius 2 is 1.37 bits per heavy atom. The number of carbonyl (C=O) groups excluding carboxylic acids is 1. The molecule has 0 atom stereocenters. The van der Waals surface area contributed by atoms with Gasteiger partial charge in [-0.3, -0.25) is 4.79 Å². The topological polar surface area (TPSA) is 44.8 Å². The molecule has 0 bridgehead atoms. The average molecular weight is 465 g/mol.